The van der Waals surface area contributed by atoms with Crippen molar-refractivity contribution >= 4 is 28.3 Å². The van der Waals surface area contributed by atoms with E-state index in [1.54, 1.807) is 0 Å². The Labute approximate surface area is 154 Å². The molecule has 0 spiro atoms. The van der Waals surface area contributed by atoms with Crippen molar-refractivity contribution in [3.05, 3.63) is 64.1 Å². The quantitative estimate of drug-likeness (QED) is 0.545. The van der Waals surface area contributed by atoms with Gasteiger partial charge < -0.3 is 10.1 Å². The van der Waals surface area contributed by atoms with Gasteiger partial charge in [-0.05, 0) is 36.7 Å². The number of hydrogen-bond donors (Lipinski definition) is 1. The number of halogens is 2. The minimum Gasteiger partial charge on any atom is -0.489 e. The van der Waals surface area contributed by atoms with Crippen molar-refractivity contribution in [3.8, 4) is 5.75 Å². The molecule has 23 heavy (non-hydrogen) atoms. The van der Waals surface area contributed by atoms with Crippen LogP contribution in [0.15, 0.2) is 53.0 Å². The van der Waals surface area contributed by atoms with Crippen molar-refractivity contribution < 1.29 is 4.74 Å². The second-order valence-electron chi connectivity index (χ2n) is 5.41. The normalized spacial score (nSPS) is 10.2. The largest absolute Gasteiger partial charge is 0.489 e. The van der Waals surface area contributed by atoms with Crippen molar-refractivity contribution in [1.29, 1.82) is 0 Å². The van der Waals surface area contributed by atoms with Crippen LogP contribution in [0.1, 0.15) is 37.3 Å². The first kappa shape index (κ1) is 20.0. The molecule has 0 unspecified atom stereocenters. The average molecular weight is 399 g/mol. The molecule has 0 saturated heterocycles. The summed E-state index contributed by atoms with van der Waals surface area (Å²) in [5, 5.41) is 3.50. The molecule has 4 heteroatoms. The van der Waals surface area contributed by atoms with Gasteiger partial charge in [0, 0.05) is 16.6 Å². The van der Waals surface area contributed by atoms with Crippen LogP contribution in [0.4, 0.5) is 0 Å². The van der Waals surface area contributed by atoms with Gasteiger partial charge in [0.15, 0.2) is 0 Å². The van der Waals surface area contributed by atoms with E-state index in [-0.39, 0.29) is 12.4 Å². The highest BCUT2D eigenvalue weighted by molar-refractivity contribution is 9.10. The van der Waals surface area contributed by atoms with Crippen molar-refractivity contribution in [1.82, 2.24) is 5.32 Å². The van der Waals surface area contributed by atoms with Gasteiger partial charge in [-0.2, -0.15) is 0 Å². The summed E-state index contributed by atoms with van der Waals surface area (Å²) in [6.45, 7) is 4.72. The molecule has 2 nitrogen and oxygen atoms in total. The van der Waals surface area contributed by atoms with Crippen LogP contribution >= 0.6 is 28.3 Å². The summed E-state index contributed by atoms with van der Waals surface area (Å²) in [7, 11) is 0. The maximum atomic E-state index is 6.00. The average Bonchev–Trinajstić information content (AvgIpc) is 2.55. The van der Waals surface area contributed by atoms with E-state index in [1.807, 2.05) is 30.3 Å². The molecule has 0 radical (unpaired) electrons. The molecule has 0 aromatic heterocycles. The predicted molar refractivity (Wildman–Crippen MR) is 103 cm³/mol. The second-order valence-corrected chi connectivity index (χ2v) is 6.33. The minimum absolute atomic E-state index is 0. The number of rotatable bonds is 9. The van der Waals surface area contributed by atoms with E-state index in [0.717, 1.165) is 23.3 Å². The Hall–Kier alpha value is -1.03. The molecule has 0 aliphatic rings. The number of unbranched alkanes of at least 4 members (excludes halogenated alkanes) is 2. The monoisotopic (exact) mass is 397 g/mol. The molecule has 0 bridgehead atoms. The predicted octanol–water partition coefficient (Wildman–Crippen LogP) is 5.73. The first-order chi connectivity index (χ1) is 10.8. The van der Waals surface area contributed by atoms with Crippen LogP contribution in [-0.4, -0.2) is 6.54 Å². The Kier molecular flexibility index (Phi) is 10.0. The van der Waals surface area contributed by atoms with E-state index in [2.05, 4.69) is 46.4 Å². The van der Waals surface area contributed by atoms with Crippen LogP contribution in [0, 0.1) is 0 Å². The summed E-state index contributed by atoms with van der Waals surface area (Å²) in [5.74, 6) is 0.954. The van der Waals surface area contributed by atoms with E-state index in [0.29, 0.717) is 6.61 Å². The molecular formula is C19H25BrClNO. The Morgan fingerprint density at radius 3 is 2.57 bits per heavy atom. The lowest BCUT2D eigenvalue weighted by molar-refractivity contribution is 0.302. The Morgan fingerprint density at radius 2 is 1.83 bits per heavy atom. The van der Waals surface area contributed by atoms with Crippen molar-refractivity contribution in [3.63, 3.8) is 0 Å². The topological polar surface area (TPSA) is 21.3 Å². The number of benzene rings is 2. The van der Waals surface area contributed by atoms with Gasteiger partial charge in [-0.25, -0.2) is 0 Å². The molecule has 126 valence electrons. The third kappa shape index (κ3) is 7.38. The molecule has 0 heterocycles. The number of ether oxygens (including phenoxy) is 1. The zero-order valence-electron chi connectivity index (χ0n) is 13.6. The summed E-state index contributed by atoms with van der Waals surface area (Å²) in [6.07, 6.45) is 3.76. The maximum Gasteiger partial charge on any atom is 0.124 e. The summed E-state index contributed by atoms with van der Waals surface area (Å²) in [4.78, 5) is 0. The molecule has 0 atom stereocenters. The van der Waals surface area contributed by atoms with Crippen LogP contribution in [0.3, 0.4) is 0 Å². The standard InChI is InChI=1S/C19H24BrNO.ClH/c1-2-3-7-12-21-14-17-13-18(20)10-11-19(17)22-15-16-8-5-4-6-9-16;/h4-6,8-11,13,21H,2-3,7,12,14-15H2,1H3;1H. The van der Waals surface area contributed by atoms with Crippen LogP contribution in [-0.2, 0) is 13.2 Å². The third-order valence-electron chi connectivity index (χ3n) is 3.53. The first-order valence-electron chi connectivity index (χ1n) is 7.95. The van der Waals surface area contributed by atoms with Gasteiger partial charge >= 0.3 is 0 Å². The zero-order chi connectivity index (χ0) is 15.6. The van der Waals surface area contributed by atoms with E-state index in [4.69, 9.17) is 4.74 Å². The highest BCUT2D eigenvalue weighted by atomic mass is 79.9. The maximum absolute atomic E-state index is 6.00. The van der Waals surface area contributed by atoms with Gasteiger partial charge in [0.2, 0.25) is 0 Å². The van der Waals surface area contributed by atoms with E-state index in [9.17, 15) is 0 Å². The van der Waals surface area contributed by atoms with Gasteiger partial charge in [-0.3, -0.25) is 0 Å². The van der Waals surface area contributed by atoms with Crippen molar-refractivity contribution in [2.24, 2.45) is 0 Å². The van der Waals surface area contributed by atoms with Gasteiger partial charge in [-0.1, -0.05) is 66.0 Å². The molecule has 2 rings (SSSR count). The number of nitrogens with one attached hydrogen (secondary N) is 1. The van der Waals surface area contributed by atoms with Crippen molar-refractivity contribution in [2.75, 3.05) is 6.54 Å². The summed E-state index contributed by atoms with van der Waals surface area (Å²) >= 11 is 3.54. The molecule has 2 aromatic rings. The lowest BCUT2D eigenvalue weighted by Gasteiger charge is -2.13. The van der Waals surface area contributed by atoms with Crippen LogP contribution in [0.5, 0.6) is 5.75 Å². The fourth-order valence-corrected chi connectivity index (χ4v) is 2.69. The zero-order valence-corrected chi connectivity index (χ0v) is 16.0. The third-order valence-corrected chi connectivity index (χ3v) is 4.03. The van der Waals surface area contributed by atoms with E-state index >= 15 is 0 Å². The molecule has 2 aromatic carbocycles. The number of hydrogen-bond acceptors (Lipinski definition) is 2. The highest BCUT2D eigenvalue weighted by Gasteiger charge is 2.05. The SMILES string of the molecule is CCCCCNCc1cc(Br)ccc1OCc1ccccc1.Cl. The molecule has 0 amide bonds. The van der Waals surface area contributed by atoms with Gasteiger partial charge in [0.1, 0.15) is 12.4 Å². The Morgan fingerprint density at radius 1 is 1.04 bits per heavy atom. The van der Waals surface area contributed by atoms with Gasteiger partial charge in [-0.15, -0.1) is 12.4 Å². The van der Waals surface area contributed by atoms with Crippen LogP contribution in [0.25, 0.3) is 0 Å². The molecule has 0 saturated carbocycles. The second kappa shape index (κ2) is 11.5. The molecule has 1 N–H and O–H groups in total. The van der Waals surface area contributed by atoms with Crippen molar-refractivity contribution in [2.45, 2.75) is 39.3 Å². The van der Waals surface area contributed by atoms with Gasteiger partial charge in [0.05, 0.1) is 0 Å². The fourth-order valence-electron chi connectivity index (χ4n) is 2.29. The first-order valence-corrected chi connectivity index (χ1v) is 8.74. The van der Waals surface area contributed by atoms with E-state index < -0.39 is 0 Å². The summed E-state index contributed by atoms with van der Waals surface area (Å²) < 4.78 is 7.08. The lowest BCUT2D eigenvalue weighted by atomic mass is 10.2. The Bertz CT molecular complexity index is 563. The van der Waals surface area contributed by atoms with Gasteiger partial charge in [0.25, 0.3) is 0 Å². The van der Waals surface area contributed by atoms with E-state index in [1.165, 1.54) is 30.4 Å². The van der Waals surface area contributed by atoms with Crippen LogP contribution in [0.2, 0.25) is 0 Å². The lowest BCUT2D eigenvalue weighted by Crippen LogP contribution is -2.15. The van der Waals surface area contributed by atoms with Crippen LogP contribution < -0.4 is 10.1 Å². The fraction of sp³-hybridized carbons (Fsp3) is 0.368. The molecule has 0 aliphatic heterocycles. The molecular weight excluding hydrogens is 374 g/mol. The highest BCUT2D eigenvalue weighted by Crippen LogP contribution is 2.24. The summed E-state index contributed by atoms with van der Waals surface area (Å²) in [5.41, 5.74) is 2.38. The molecule has 0 fully saturated rings. The summed E-state index contributed by atoms with van der Waals surface area (Å²) in [6, 6.07) is 16.5. The smallest absolute Gasteiger partial charge is 0.124 e. The molecule has 0 aliphatic carbocycles. The minimum atomic E-state index is 0. The Balaban J connectivity index is 0.00000264.